The maximum Gasteiger partial charge on any atom is 0.139 e. The van der Waals surface area contributed by atoms with Crippen molar-refractivity contribution >= 4 is 10.9 Å². The van der Waals surface area contributed by atoms with E-state index in [1.165, 1.54) is 0 Å². The molecule has 0 fully saturated rings. The number of phenolic OH excluding ortho intramolecular Hbond substituents is 2. The first-order chi connectivity index (χ1) is 8.66. The maximum absolute atomic E-state index is 9.92. The number of aryl methyl sites for hydroxylation is 1. The van der Waals surface area contributed by atoms with E-state index in [2.05, 4.69) is 0 Å². The number of nitrogens with zero attached hydrogens (tertiary/aromatic N) is 1. The average Bonchev–Trinajstić information content (AvgIpc) is 2.67. The molecule has 3 aromatic rings. The Morgan fingerprint density at radius 3 is 2.56 bits per heavy atom. The average molecular weight is 239 g/mol. The van der Waals surface area contributed by atoms with Crippen LogP contribution in [0.5, 0.6) is 11.5 Å². The molecule has 2 aromatic carbocycles. The SMILES string of the molecule is Cc1cn(-c2ccccc2O)c2ccc(O)cc12. The normalized spacial score (nSPS) is 10.9. The minimum absolute atomic E-state index is 0.238. The fourth-order valence-electron chi connectivity index (χ4n) is 2.25. The molecule has 2 N–H and O–H groups in total. The Labute approximate surface area is 105 Å². The van der Waals surface area contributed by atoms with E-state index in [-0.39, 0.29) is 11.5 Å². The van der Waals surface area contributed by atoms with E-state index in [1.54, 1.807) is 24.3 Å². The first-order valence-electron chi connectivity index (χ1n) is 5.76. The minimum atomic E-state index is 0.238. The Morgan fingerprint density at radius 1 is 1.00 bits per heavy atom. The number of rotatable bonds is 1. The molecule has 90 valence electrons. The summed E-state index contributed by atoms with van der Waals surface area (Å²) in [7, 11) is 0. The van der Waals surface area contributed by atoms with Crippen molar-refractivity contribution in [1.29, 1.82) is 0 Å². The summed E-state index contributed by atoms with van der Waals surface area (Å²) in [4.78, 5) is 0. The molecule has 0 aliphatic rings. The second kappa shape index (κ2) is 3.81. The van der Waals surface area contributed by atoms with Gasteiger partial charge in [0.25, 0.3) is 0 Å². The monoisotopic (exact) mass is 239 g/mol. The van der Waals surface area contributed by atoms with E-state index in [0.29, 0.717) is 0 Å². The van der Waals surface area contributed by atoms with Gasteiger partial charge in [-0.25, -0.2) is 0 Å². The first kappa shape index (κ1) is 10.7. The number of fused-ring (bicyclic) bond motifs is 1. The van der Waals surface area contributed by atoms with Gasteiger partial charge in [0.15, 0.2) is 0 Å². The number of benzene rings is 2. The fraction of sp³-hybridized carbons (Fsp3) is 0.0667. The molecule has 0 saturated carbocycles. The van der Waals surface area contributed by atoms with Crippen LogP contribution in [0.2, 0.25) is 0 Å². The van der Waals surface area contributed by atoms with Crippen molar-refractivity contribution in [3.8, 4) is 17.2 Å². The van der Waals surface area contributed by atoms with Crippen LogP contribution in [0.4, 0.5) is 0 Å². The molecule has 0 aliphatic heterocycles. The van der Waals surface area contributed by atoms with Gasteiger partial charge in [-0.15, -0.1) is 0 Å². The second-order valence-electron chi connectivity index (χ2n) is 4.37. The third-order valence-electron chi connectivity index (χ3n) is 3.13. The van der Waals surface area contributed by atoms with Gasteiger partial charge in [-0.2, -0.15) is 0 Å². The highest BCUT2D eigenvalue weighted by Crippen LogP contribution is 2.30. The van der Waals surface area contributed by atoms with E-state index in [0.717, 1.165) is 22.2 Å². The molecule has 3 heteroatoms. The third kappa shape index (κ3) is 1.52. The molecule has 1 heterocycles. The highest BCUT2D eigenvalue weighted by atomic mass is 16.3. The number of para-hydroxylation sites is 2. The Bertz CT molecular complexity index is 728. The van der Waals surface area contributed by atoms with Gasteiger partial charge >= 0.3 is 0 Å². The molecule has 0 unspecified atom stereocenters. The van der Waals surface area contributed by atoms with Crippen LogP contribution in [0.1, 0.15) is 5.56 Å². The fourth-order valence-corrected chi connectivity index (χ4v) is 2.25. The highest BCUT2D eigenvalue weighted by Gasteiger charge is 2.10. The summed E-state index contributed by atoms with van der Waals surface area (Å²) in [5, 5.41) is 20.4. The van der Waals surface area contributed by atoms with Gasteiger partial charge in [-0.3, -0.25) is 0 Å². The van der Waals surface area contributed by atoms with E-state index in [1.807, 2.05) is 35.9 Å². The molecule has 0 radical (unpaired) electrons. The van der Waals surface area contributed by atoms with Crippen molar-refractivity contribution in [3.63, 3.8) is 0 Å². The van der Waals surface area contributed by atoms with E-state index < -0.39 is 0 Å². The van der Waals surface area contributed by atoms with Gasteiger partial charge in [0.2, 0.25) is 0 Å². The van der Waals surface area contributed by atoms with Crippen molar-refractivity contribution in [2.24, 2.45) is 0 Å². The van der Waals surface area contributed by atoms with Crippen LogP contribution in [-0.2, 0) is 0 Å². The molecule has 0 atom stereocenters. The largest absolute Gasteiger partial charge is 0.508 e. The number of phenols is 2. The molecule has 0 bridgehead atoms. The lowest BCUT2D eigenvalue weighted by molar-refractivity contribution is 0.473. The van der Waals surface area contributed by atoms with Gasteiger partial charge in [0.1, 0.15) is 11.5 Å². The molecule has 0 saturated heterocycles. The predicted octanol–water partition coefficient (Wildman–Crippen LogP) is 3.35. The van der Waals surface area contributed by atoms with Crippen molar-refractivity contribution in [3.05, 3.63) is 54.2 Å². The Kier molecular flexibility index (Phi) is 2.27. The number of aromatic hydroxyl groups is 2. The van der Waals surface area contributed by atoms with Crippen LogP contribution in [0.3, 0.4) is 0 Å². The molecular formula is C15H13NO2. The zero-order valence-corrected chi connectivity index (χ0v) is 9.96. The van der Waals surface area contributed by atoms with Crippen molar-refractivity contribution in [1.82, 2.24) is 4.57 Å². The van der Waals surface area contributed by atoms with Crippen molar-refractivity contribution in [2.75, 3.05) is 0 Å². The van der Waals surface area contributed by atoms with Gasteiger partial charge in [-0.1, -0.05) is 12.1 Å². The van der Waals surface area contributed by atoms with Crippen LogP contribution >= 0.6 is 0 Å². The standard InChI is InChI=1S/C15H13NO2/c1-10-9-16(14-4-2-3-5-15(14)18)13-7-6-11(17)8-12(10)13/h2-9,17-18H,1H3. The van der Waals surface area contributed by atoms with Crippen LogP contribution in [0.15, 0.2) is 48.7 Å². The van der Waals surface area contributed by atoms with Crippen molar-refractivity contribution in [2.45, 2.75) is 6.92 Å². The lowest BCUT2D eigenvalue weighted by Gasteiger charge is -2.07. The second-order valence-corrected chi connectivity index (χ2v) is 4.37. The zero-order valence-electron chi connectivity index (χ0n) is 9.96. The maximum atomic E-state index is 9.92. The van der Waals surface area contributed by atoms with E-state index >= 15 is 0 Å². The molecule has 18 heavy (non-hydrogen) atoms. The summed E-state index contributed by atoms with van der Waals surface area (Å²) in [6, 6.07) is 12.4. The molecule has 0 spiro atoms. The van der Waals surface area contributed by atoms with Crippen molar-refractivity contribution < 1.29 is 10.2 Å². The first-order valence-corrected chi connectivity index (χ1v) is 5.76. The van der Waals surface area contributed by atoms with E-state index in [4.69, 9.17) is 0 Å². The highest BCUT2D eigenvalue weighted by molar-refractivity contribution is 5.87. The summed E-state index contributed by atoms with van der Waals surface area (Å²) in [5.41, 5.74) is 2.76. The summed E-state index contributed by atoms with van der Waals surface area (Å²) in [6.45, 7) is 1.98. The molecule has 3 rings (SSSR count). The summed E-state index contributed by atoms with van der Waals surface area (Å²) < 4.78 is 1.93. The van der Waals surface area contributed by atoms with Crippen LogP contribution in [-0.4, -0.2) is 14.8 Å². The number of aromatic nitrogens is 1. The van der Waals surface area contributed by atoms with Gasteiger partial charge < -0.3 is 14.8 Å². The molecule has 1 aromatic heterocycles. The summed E-state index contributed by atoms with van der Waals surface area (Å²) in [5.74, 6) is 0.489. The lowest BCUT2D eigenvalue weighted by Crippen LogP contribution is -1.91. The lowest BCUT2D eigenvalue weighted by atomic mass is 10.2. The molecule has 0 aliphatic carbocycles. The third-order valence-corrected chi connectivity index (χ3v) is 3.13. The number of hydrogen-bond donors (Lipinski definition) is 2. The Balaban J connectivity index is 2.34. The topological polar surface area (TPSA) is 45.4 Å². The van der Waals surface area contributed by atoms with Crippen LogP contribution < -0.4 is 0 Å². The minimum Gasteiger partial charge on any atom is -0.508 e. The quantitative estimate of drug-likeness (QED) is 0.684. The summed E-state index contributed by atoms with van der Waals surface area (Å²) in [6.07, 6.45) is 1.96. The van der Waals surface area contributed by atoms with Gasteiger partial charge in [0, 0.05) is 11.6 Å². The van der Waals surface area contributed by atoms with E-state index in [9.17, 15) is 10.2 Å². The molecular weight excluding hydrogens is 226 g/mol. The Morgan fingerprint density at radius 2 is 1.78 bits per heavy atom. The predicted molar refractivity (Wildman–Crippen MR) is 71.3 cm³/mol. The van der Waals surface area contributed by atoms with Crippen LogP contribution in [0.25, 0.3) is 16.6 Å². The molecule has 3 nitrogen and oxygen atoms in total. The molecule has 0 amide bonds. The zero-order chi connectivity index (χ0) is 12.7. The summed E-state index contributed by atoms with van der Waals surface area (Å²) >= 11 is 0. The Hall–Kier alpha value is -2.42. The van der Waals surface area contributed by atoms with Crippen LogP contribution in [0, 0.1) is 6.92 Å². The smallest absolute Gasteiger partial charge is 0.139 e. The van der Waals surface area contributed by atoms with Gasteiger partial charge in [-0.05, 0) is 42.8 Å². The number of hydrogen-bond acceptors (Lipinski definition) is 2. The van der Waals surface area contributed by atoms with Gasteiger partial charge in [0.05, 0.1) is 11.2 Å².